The predicted octanol–water partition coefficient (Wildman–Crippen LogP) is 4.96. The quantitative estimate of drug-likeness (QED) is 0.149. The van der Waals surface area contributed by atoms with E-state index in [1.165, 1.54) is 44.0 Å². The lowest BCUT2D eigenvalue weighted by atomic mass is 10.1. The maximum absolute atomic E-state index is 11.7. The van der Waals surface area contributed by atoms with Gasteiger partial charge in [0.05, 0.1) is 11.5 Å². The molecule has 1 rings (SSSR count). The Kier molecular flexibility index (Phi) is 11.5. The van der Waals surface area contributed by atoms with Gasteiger partial charge in [-0.2, -0.15) is 0 Å². The van der Waals surface area contributed by atoms with Crippen LogP contribution < -0.4 is 4.74 Å². The molecule has 0 aliphatic heterocycles. The molecule has 0 aliphatic rings. The van der Waals surface area contributed by atoms with E-state index >= 15 is 0 Å². The van der Waals surface area contributed by atoms with Gasteiger partial charge in [0.15, 0.2) is 0 Å². The molecular weight excluding hydrogens is 350 g/mol. The highest BCUT2D eigenvalue weighted by Crippen LogP contribution is 2.18. The van der Waals surface area contributed by atoms with Crippen LogP contribution in [0.5, 0.6) is 5.75 Å². The maximum Gasteiger partial charge on any atom is 0.311 e. The molecule has 0 aromatic heterocycles. The minimum atomic E-state index is -0.491. The highest BCUT2D eigenvalue weighted by molar-refractivity contribution is 5.72. The summed E-state index contributed by atoms with van der Waals surface area (Å²) in [7, 11) is 0. The molecule has 0 saturated carbocycles. The molecule has 1 aromatic carbocycles. The second-order valence-electron chi connectivity index (χ2n) is 6.50. The van der Waals surface area contributed by atoms with Gasteiger partial charge < -0.3 is 9.47 Å². The molecule has 0 bridgehead atoms. The van der Waals surface area contributed by atoms with Crippen LogP contribution in [0.1, 0.15) is 71.1 Å². The first-order valence-electron chi connectivity index (χ1n) is 9.57. The standard InChI is InChI=1S/C20H29NO6/c1-17(22)26-16-10-8-6-4-2-3-5-7-9-11-20(23)27-19-14-12-18(13-15-19)21(24)25/h12-15H,2-11,16H2,1H3. The molecule has 0 saturated heterocycles. The van der Waals surface area contributed by atoms with E-state index < -0.39 is 4.92 Å². The van der Waals surface area contributed by atoms with E-state index in [9.17, 15) is 19.7 Å². The largest absolute Gasteiger partial charge is 0.466 e. The van der Waals surface area contributed by atoms with E-state index in [0.29, 0.717) is 18.8 Å². The zero-order valence-corrected chi connectivity index (χ0v) is 16.0. The van der Waals surface area contributed by atoms with Crippen molar-refractivity contribution in [3.8, 4) is 5.75 Å². The Morgan fingerprint density at radius 1 is 0.889 bits per heavy atom. The number of nitrogens with zero attached hydrogens (tertiary/aromatic N) is 1. The molecule has 7 nitrogen and oxygen atoms in total. The van der Waals surface area contributed by atoms with Crippen LogP contribution in [0.3, 0.4) is 0 Å². The summed E-state index contributed by atoms with van der Waals surface area (Å²) in [4.78, 5) is 32.4. The van der Waals surface area contributed by atoms with Crippen LogP contribution in [0.25, 0.3) is 0 Å². The second kappa shape index (κ2) is 13.7. The van der Waals surface area contributed by atoms with Crippen LogP contribution >= 0.6 is 0 Å². The van der Waals surface area contributed by atoms with Crippen molar-refractivity contribution in [2.24, 2.45) is 0 Å². The van der Waals surface area contributed by atoms with E-state index in [1.54, 1.807) is 0 Å². The molecule has 0 atom stereocenters. The van der Waals surface area contributed by atoms with Gasteiger partial charge in [-0.25, -0.2) is 0 Å². The van der Waals surface area contributed by atoms with Gasteiger partial charge in [0.25, 0.3) is 5.69 Å². The number of hydrogen-bond acceptors (Lipinski definition) is 6. The molecule has 1 aromatic rings. The molecule has 0 fully saturated rings. The zero-order valence-electron chi connectivity index (χ0n) is 16.0. The normalized spacial score (nSPS) is 10.4. The zero-order chi connectivity index (χ0) is 19.9. The average molecular weight is 379 g/mol. The molecule has 27 heavy (non-hydrogen) atoms. The van der Waals surface area contributed by atoms with E-state index in [1.807, 2.05) is 0 Å². The fraction of sp³-hybridized carbons (Fsp3) is 0.600. The number of rotatable bonds is 14. The molecule has 0 heterocycles. The van der Waals surface area contributed by atoms with E-state index in [0.717, 1.165) is 44.9 Å². The molecule has 150 valence electrons. The van der Waals surface area contributed by atoms with Crippen LogP contribution in [0.2, 0.25) is 0 Å². The number of unbranched alkanes of at least 4 members (excludes halogenated alkanes) is 8. The third-order valence-corrected chi connectivity index (χ3v) is 4.11. The monoisotopic (exact) mass is 379 g/mol. The summed E-state index contributed by atoms with van der Waals surface area (Å²) in [5.74, 6) is -0.192. The second-order valence-corrected chi connectivity index (χ2v) is 6.50. The summed E-state index contributed by atoms with van der Waals surface area (Å²) in [6.45, 7) is 1.95. The highest BCUT2D eigenvalue weighted by atomic mass is 16.6. The Bertz CT molecular complexity index is 585. The van der Waals surface area contributed by atoms with Crippen LogP contribution in [-0.4, -0.2) is 23.5 Å². The minimum absolute atomic E-state index is 0.0285. The molecule has 0 unspecified atom stereocenters. The lowest BCUT2D eigenvalue weighted by Gasteiger charge is -2.05. The topological polar surface area (TPSA) is 95.7 Å². The van der Waals surface area contributed by atoms with Crippen LogP contribution in [0.15, 0.2) is 24.3 Å². The Hall–Kier alpha value is -2.44. The molecule has 0 N–H and O–H groups in total. The van der Waals surface area contributed by atoms with E-state index in [-0.39, 0.29) is 17.6 Å². The molecule has 0 radical (unpaired) electrons. The van der Waals surface area contributed by atoms with Gasteiger partial charge in [-0.3, -0.25) is 19.7 Å². The summed E-state index contributed by atoms with van der Waals surface area (Å²) in [5.41, 5.74) is -0.0285. The Morgan fingerprint density at radius 3 is 1.93 bits per heavy atom. The number of carbonyl (C=O) groups excluding carboxylic acids is 2. The van der Waals surface area contributed by atoms with E-state index in [2.05, 4.69) is 0 Å². The van der Waals surface area contributed by atoms with Crippen LogP contribution in [-0.2, 0) is 14.3 Å². The van der Waals surface area contributed by atoms with Crippen molar-refractivity contribution in [1.82, 2.24) is 0 Å². The van der Waals surface area contributed by atoms with Gasteiger partial charge in [-0.05, 0) is 25.0 Å². The Balaban J connectivity index is 1.95. The smallest absolute Gasteiger partial charge is 0.311 e. The van der Waals surface area contributed by atoms with Crippen molar-refractivity contribution < 1.29 is 24.0 Å². The van der Waals surface area contributed by atoms with Gasteiger partial charge in [-0.1, -0.05) is 44.9 Å². The predicted molar refractivity (Wildman–Crippen MR) is 102 cm³/mol. The average Bonchev–Trinajstić information content (AvgIpc) is 2.62. The van der Waals surface area contributed by atoms with Gasteiger partial charge in [0.1, 0.15) is 5.75 Å². The third kappa shape index (κ3) is 11.7. The first-order chi connectivity index (χ1) is 13.0. The van der Waals surface area contributed by atoms with Crippen molar-refractivity contribution in [2.75, 3.05) is 6.61 Å². The molecule has 0 spiro atoms. The SMILES string of the molecule is CC(=O)OCCCCCCCCCCCC(=O)Oc1ccc([N+](=O)[O-])cc1. The molecule has 0 amide bonds. The van der Waals surface area contributed by atoms with Gasteiger partial charge >= 0.3 is 11.9 Å². The van der Waals surface area contributed by atoms with Crippen molar-refractivity contribution in [3.63, 3.8) is 0 Å². The number of carbonyl (C=O) groups is 2. The number of hydrogen-bond donors (Lipinski definition) is 0. The highest BCUT2D eigenvalue weighted by Gasteiger charge is 2.08. The fourth-order valence-corrected chi connectivity index (χ4v) is 2.64. The lowest BCUT2D eigenvalue weighted by molar-refractivity contribution is -0.384. The van der Waals surface area contributed by atoms with Crippen molar-refractivity contribution in [2.45, 2.75) is 71.1 Å². The number of ether oxygens (including phenoxy) is 2. The number of benzene rings is 1. The number of esters is 2. The first kappa shape index (κ1) is 22.6. The van der Waals surface area contributed by atoms with Crippen molar-refractivity contribution in [3.05, 3.63) is 34.4 Å². The maximum atomic E-state index is 11.7. The summed E-state index contributed by atoms with van der Waals surface area (Å²) < 4.78 is 10.0. The molecular formula is C20H29NO6. The minimum Gasteiger partial charge on any atom is -0.466 e. The third-order valence-electron chi connectivity index (χ3n) is 4.11. The van der Waals surface area contributed by atoms with Gasteiger partial charge in [0.2, 0.25) is 0 Å². The molecule has 0 aliphatic carbocycles. The summed E-state index contributed by atoms with van der Waals surface area (Å²) >= 11 is 0. The van der Waals surface area contributed by atoms with Crippen LogP contribution in [0.4, 0.5) is 5.69 Å². The van der Waals surface area contributed by atoms with E-state index in [4.69, 9.17) is 9.47 Å². The van der Waals surface area contributed by atoms with Gasteiger partial charge in [-0.15, -0.1) is 0 Å². The lowest BCUT2D eigenvalue weighted by Crippen LogP contribution is -2.07. The number of nitro benzene ring substituents is 1. The summed E-state index contributed by atoms with van der Waals surface area (Å²) in [5, 5.41) is 10.6. The Labute approximate surface area is 160 Å². The molecule has 7 heteroatoms. The Morgan fingerprint density at radius 2 is 1.41 bits per heavy atom. The van der Waals surface area contributed by atoms with Gasteiger partial charge in [0, 0.05) is 25.5 Å². The summed E-state index contributed by atoms with van der Waals surface area (Å²) in [6, 6.07) is 5.50. The van der Waals surface area contributed by atoms with Crippen molar-refractivity contribution >= 4 is 17.6 Å². The number of nitro groups is 1. The summed E-state index contributed by atoms with van der Waals surface area (Å²) in [6.07, 6.45) is 9.91. The van der Waals surface area contributed by atoms with Crippen molar-refractivity contribution in [1.29, 1.82) is 0 Å². The first-order valence-corrected chi connectivity index (χ1v) is 9.57. The fourth-order valence-electron chi connectivity index (χ4n) is 2.64. The number of non-ortho nitro benzene ring substituents is 1. The van der Waals surface area contributed by atoms with Crippen LogP contribution in [0, 0.1) is 10.1 Å².